The van der Waals surface area contributed by atoms with Gasteiger partial charge in [0.15, 0.2) is 0 Å². The zero-order valence-electron chi connectivity index (χ0n) is 6.90. The topological polar surface area (TPSA) is 20.2 Å². The van der Waals surface area contributed by atoms with E-state index in [9.17, 15) is 5.11 Å². The molecule has 0 aliphatic heterocycles. The van der Waals surface area contributed by atoms with Gasteiger partial charge in [0.25, 0.3) is 0 Å². The van der Waals surface area contributed by atoms with Crippen molar-refractivity contribution in [3.8, 4) is 5.75 Å². The van der Waals surface area contributed by atoms with E-state index in [0.29, 0.717) is 5.75 Å². The molecule has 0 saturated heterocycles. The maximum absolute atomic E-state index is 9.56. The normalized spacial score (nSPS) is 10.2. The Morgan fingerprint density at radius 2 is 1.73 bits per heavy atom. The molecule has 1 aromatic carbocycles. The molecule has 0 aliphatic carbocycles. The zero-order valence-corrected chi connectivity index (χ0v) is 9.06. The zero-order chi connectivity index (χ0) is 8.59. The average Bonchev–Trinajstić information content (AvgIpc) is 1.97. The van der Waals surface area contributed by atoms with Gasteiger partial charge >= 0.3 is 0 Å². The summed E-state index contributed by atoms with van der Waals surface area (Å²) in [7, 11) is 0. The highest BCUT2D eigenvalue weighted by molar-refractivity contribution is 14.1. The van der Waals surface area contributed by atoms with E-state index in [1.54, 1.807) is 0 Å². The number of rotatable bonds is 0. The number of aryl methyl sites for hydroxylation is 2. The van der Waals surface area contributed by atoms with Crippen LogP contribution in [0.3, 0.4) is 0 Å². The molecule has 1 N–H and O–H groups in total. The molecule has 0 heterocycles. The summed E-state index contributed by atoms with van der Waals surface area (Å²) < 4.78 is 0.964. The lowest BCUT2D eigenvalue weighted by Crippen LogP contribution is -1.88. The van der Waals surface area contributed by atoms with Crippen molar-refractivity contribution >= 4 is 22.6 Å². The number of hydrogen-bond donors (Lipinski definition) is 1. The second-order valence-electron chi connectivity index (χ2n) is 2.80. The van der Waals surface area contributed by atoms with Gasteiger partial charge in [-0.3, -0.25) is 0 Å². The van der Waals surface area contributed by atoms with Crippen LogP contribution in [0.25, 0.3) is 0 Å². The van der Waals surface area contributed by atoms with Crippen molar-refractivity contribution < 1.29 is 5.11 Å². The van der Waals surface area contributed by atoms with Crippen molar-refractivity contribution in [2.45, 2.75) is 20.8 Å². The van der Waals surface area contributed by atoms with Gasteiger partial charge in [-0.05, 0) is 60.1 Å². The molecule has 0 aromatic heterocycles. The third-order valence-corrected chi connectivity index (χ3v) is 3.30. The van der Waals surface area contributed by atoms with Crippen LogP contribution in [0.4, 0.5) is 0 Å². The van der Waals surface area contributed by atoms with Crippen LogP contribution in [-0.2, 0) is 0 Å². The Balaban J connectivity index is 3.46. The van der Waals surface area contributed by atoms with E-state index in [2.05, 4.69) is 28.7 Å². The molecule has 0 saturated carbocycles. The monoisotopic (exact) mass is 262 g/mol. The number of hydrogen-bond acceptors (Lipinski definition) is 1. The molecule has 60 valence electrons. The summed E-state index contributed by atoms with van der Waals surface area (Å²) >= 11 is 2.16. The second-order valence-corrected chi connectivity index (χ2v) is 3.88. The van der Waals surface area contributed by atoms with Gasteiger partial charge in [0.1, 0.15) is 5.75 Å². The molecule has 0 radical (unpaired) electrons. The molecule has 0 fully saturated rings. The number of aromatic hydroxyl groups is 1. The van der Waals surface area contributed by atoms with Gasteiger partial charge in [-0.25, -0.2) is 0 Å². The molecule has 0 atom stereocenters. The van der Waals surface area contributed by atoms with Gasteiger partial charge < -0.3 is 5.11 Å². The van der Waals surface area contributed by atoms with Gasteiger partial charge in [-0.1, -0.05) is 6.07 Å². The summed E-state index contributed by atoms with van der Waals surface area (Å²) in [4.78, 5) is 0. The van der Waals surface area contributed by atoms with Crippen LogP contribution in [0.2, 0.25) is 0 Å². The highest BCUT2D eigenvalue weighted by Crippen LogP contribution is 2.28. The van der Waals surface area contributed by atoms with Crippen molar-refractivity contribution in [3.63, 3.8) is 0 Å². The van der Waals surface area contributed by atoms with Gasteiger partial charge in [0.05, 0.1) is 3.57 Å². The average molecular weight is 262 g/mol. The van der Waals surface area contributed by atoms with Crippen molar-refractivity contribution in [2.24, 2.45) is 0 Å². The summed E-state index contributed by atoms with van der Waals surface area (Å²) in [6.07, 6.45) is 0. The Morgan fingerprint density at radius 1 is 1.18 bits per heavy atom. The molecule has 1 rings (SSSR count). The van der Waals surface area contributed by atoms with Gasteiger partial charge in [0.2, 0.25) is 0 Å². The molecule has 0 aliphatic rings. The fraction of sp³-hybridized carbons (Fsp3) is 0.333. The minimum absolute atomic E-state index is 0.433. The standard InChI is InChI=1S/C9H11IO/c1-5-4-6(2)8(10)9(11)7(5)3/h4,11H,1-3H3. The minimum Gasteiger partial charge on any atom is -0.507 e. The summed E-state index contributed by atoms with van der Waals surface area (Å²) in [5.41, 5.74) is 3.28. The van der Waals surface area contributed by atoms with Crippen molar-refractivity contribution in [2.75, 3.05) is 0 Å². The van der Waals surface area contributed by atoms with Crippen molar-refractivity contribution in [1.29, 1.82) is 0 Å². The third-order valence-electron chi connectivity index (χ3n) is 1.93. The van der Waals surface area contributed by atoms with E-state index >= 15 is 0 Å². The Hall–Kier alpha value is -0.250. The van der Waals surface area contributed by atoms with Crippen molar-refractivity contribution in [1.82, 2.24) is 0 Å². The molecule has 0 unspecified atom stereocenters. The van der Waals surface area contributed by atoms with Crippen LogP contribution in [0.1, 0.15) is 16.7 Å². The Kier molecular flexibility index (Phi) is 2.42. The molecule has 1 aromatic rings. The SMILES string of the molecule is Cc1cc(C)c(I)c(O)c1C. The van der Waals surface area contributed by atoms with Crippen LogP contribution >= 0.6 is 22.6 Å². The van der Waals surface area contributed by atoms with E-state index in [1.807, 2.05) is 20.8 Å². The van der Waals surface area contributed by atoms with Crippen LogP contribution in [0, 0.1) is 24.3 Å². The highest BCUT2D eigenvalue weighted by Gasteiger charge is 2.06. The fourth-order valence-electron chi connectivity index (χ4n) is 1.03. The first-order chi connectivity index (χ1) is 5.04. The first kappa shape index (κ1) is 8.84. The maximum Gasteiger partial charge on any atom is 0.132 e. The van der Waals surface area contributed by atoms with E-state index in [0.717, 1.165) is 20.3 Å². The summed E-state index contributed by atoms with van der Waals surface area (Å²) in [6.45, 7) is 5.96. The molecule has 11 heavy (non-hydrogen) atoms. The van der Waals surface area contributed by atoms with E-state index in [-0.39, 0.29) is 0 Å². The first-order valence-corrected chi connectivity index (χ1v) is 4.57. The number of halogens is 1. The number of benzene rings is 1. The van der Waals surface area contributed by atoms with Crippen molar-refractivity contribution in [3.05, 3.63) is 26.3 Å². The predicted molar refractivity (Wildman–Crippen MR) is 55.0 cm³/mol. The minimum atomic E-state index is 0.433. The van der Waals surface area contributed by atoms with Crippen LogP contribution in [0.15, 0.2) is 6.07 Å². The number of phenols is 1. The lowest BCUT2D eigenvalue weighted by Gasteiger charge is -2.07. The summed E-state index contributed by atoms with van der Waals surface area (Å²) in [6, 6.07) is 2.09. The van der Waals surface area contributed by atoms with E-state index in [4.69, 9.17) is 0 Å². The van der Waals surface area contributed by atoms with Crippen LogP contribution < -0.4 is 0 Å². The van der Waals surface area contributed by atoms with Gasteiger partial charge in [0, 0.05) is 0 Å². The van der Waals surface area contributed by atoms with Gasteiger partial charge in [-0.15, -0.1) is 0 Å². The second kappa shape index (κ2) is 3.01. The summed E-state index contributed by atoms with van der Waals surface area (Å²) in [5, 5.41) is 9.56. The molecule has 0 bridgehead atoms. The molecular formula is C9H11IO. The van der Waals surface area contributed by atoms with Gasteiger partial charge in [-0.2, -0.15) is 0 Å². The molecule has 0 spiro atoms. The first-order valence-electron chi connectivity index (χ1n) is 3.49. The molecule has 2 heteroatoms. The Morgan fingerprint density at radius 3 is 2.27 bits per heavy atom. The third kappa shape index (κ3) is 1.50. The lowest BCUT2D eigenvalue weighted by atomic mass is 10.1. The molecule has 1 nitrogen and oxygen atoms in total. The largest absolute Gasteiger partial charge is 0.507 e. The summed E-state index contributed by atoms with van der Waals surface area (Å²) in [5.74, 6) is 0.433. The van der Waals surface area contributed by atoms with Crippen LogP contribution in [-0.4, -0.2) is 5.11 Å². The van der Waals surface area contributed by atoms with E-state index < -0.39 is 0 Å². The fourth-order valence-corrected chi connectivity index (χ4v) is 1.59. The van der Waals surface area contributed by atoms with Crippen LogP contribution in [0.5, 0.6) is 5.75 Å². The lowest BCUT2D eigenvalue weighted by molar-refractivity contribution is 0.466. The Bertz CT molecular complexity index is 266. The molecular weight excluding hydrogens is 251 g/mol. The molecule has 0 amide bonds. The predicted octanol–water partition coefficient (Wildman–Crippen LogP) is 2.92. The quantitative estimate of drug-likeness (QED) is 0.713. The smallest absolute Gasteiger partial charge is 0.132 e. The Labute approximate surface area is 80.6 Å². The maximum atomic E-state index is 9.56. The number of phenolic OH excluding ortho intramolecular Hbond substituents is 1. The van der Waals surface area contributed by atoms with E-state index in [1.165, 1.54) is 0 Å². The highest BCUT2D eigenvalue weighted by atomic mass is 127.